The molecule has 6 heteroatoms. The van der Waals surface area contributed by atoms with Gasteiger partial charge in [-0.25, -0.2) is 13.1 Å². The van der Waals surface area contributed by atoms with E-state index in [0.717, 1.165) is 36.9 Å². The molecule has 1 heterocycles. The van der Waals surface area contributed by atoms with E-state index in [9.17, 15) is 13.2 Å². The van der Waals surface area contributed by atoms with Gasteiger partial charge in [0.15, 0.2) is 0 Å². The highest BCUT2D eigenvalue weighted by molar-refractivity contribution is 7.89. The van der Waals surface area contributed by atoms with Crippen LogP contribution in [0.3, 0.4) is 0 Å². The topological polar surface area (TPSA) is 66.5 Å². The number of carbonyl (C=O) groups is 1. The van der Waals surface area contributed by atoms with Gasteiger partial charge in [-0.05, 0) is 49.9 Å². The Morgan fingerprint density at radius 2 is 1.91 bits per heavy atom. The van der Waals surface area contributed by atoms with Gasteiger partial charge in [0.2, 0.25) is 15.9 Å². The van der Waals surface area contributed by atoms with Crippen molar-refractivity contribution in [3.63, 3.8) is 0 Å². The number of hydrogen-bond donors (Lipinski definition) is 1. The Hall–Kier alpha value is -1.40. The first-order valence-corrected chi connectivity index (χ1v) is 9.82. The molecule has 0 radical (unpaired) electrons. The van der Waals surface area contributed by atoms with E-state index >= 15 is 0 Å². The smallest absolute Gasteiger partial charge is 0.240 e. The maximum Gasteiger partial charge on any atom is 0.240 e. The number of benzene rings is 1. The van der Waals surface area contributed by atoms with Crippen LogP contribution in [0, 0.1) is 0 Å². The molecule has 1 atom stereocenters. The van der Waals surface area contributed by atoms with Crippen LogP contribution >= 0.6 is 0 Å². The maximum absolute atomic E-state index is 12.6. The third-order valence-electron chi connectivity index (χ3n) is 4.84. The fourth-order valence-electron chi connectivity index (χ4n) is 3.76. The average Bonchev–Trinajstić information content (AvgIpc) is 2.82. The SMILES string of the molecule is CC(=O)N1c2ccc(S(=O)(=O)NC3CCCCC3)cc2C[C@H]1C. The minimum Gasteiger partial charge on any atom is -0.309 e. The van der Waals surface area contributed by atoms with Crippen molar-refractivity contribution in [2.45, 2.75) is 69.4 Å². The van der Waals surface area contributed by atoms with Gasteiger partial charge in [0.25, 0.3) is 0 Å². The fraction of sp³-hybridized carbons (Fsp3) is 0.588. The second-order valence-electron chi connectivity index (χ2n) is 6.69. The Balaban J connectivity index is 1.84. The second-order valence-corrected chi connectivity index (χ2v) is 8.40. The second kappa shape index (κ2) is 6.24. The molecule has 0 unspecified atom stereocenters. The van der Waals surface area contributed by atoms with E-state index in [1.54, 1.807) is 30.0 Å². The van der Waals surface area contributed by atoms with Gasteiger partial charge in [-0.3, -0.25) is 4.79 Å². The standard InChI is InChI=1S/C17H24N2O3S/c1-12-10-14-11-16(8-9-17(14)19(12)13(2)20)23(21,22)18-15-6-4-3-5-7-15/h8-9,11-12,15,18H,3-7,10H2,1-2H3/t12-/m1/s1. The molecule has 1 aliphatic carbocycles. The number of fused-ring (bicyclic) bond motifs is 1. The average molecular weight is 336 g/mol. The third kappa shape index (κ3) is 3.28. The van der Waals surface area contributed by atoms with Crippen LogP contribution in [0.4, 0.5) is 5.69 Å². The molecule has 0 aromatic heterocycles. The van der Waals surface area contributed by atoms with Gasteiger partial charge in [-0.1, -0.05) is 19.3 Å². The molecule has 3 rings (SSSR count). The normalized spacial score (nSPS) is 22.2. The Morgan fingerprint density at radius 1 is 1.22 bits per heavy atom. The van der Waals surface area contributed by atoms with E-state index in [2.05, 4.69) is 4.72 Å². The summed E-state index contributed by atoms with van der Waals surface area (Å²) in [4.78, 5) is 13.8. The first-order chi connectivity index (χ1) is 10.9. The third-order valence-corrected chi connectivity index (χ3v) is 6.36. The molecule has 1 saturated carbocycles. The predicted molar refractivity (Wildman–Crippen MR) is 90.0 cm³/mol. The number of amides is 1. The Kier molecular flexibility index (Phi) is 4.47. The fourth-order valence-corrected chi connectivity index (χ4v) is 5.12. The quantitative estimate of drug-likeness (QED) is 0.922. The van der Waals surface area contributed by atoms with E-state index in [1.807, 2.05) is 6.92 Å². The monoisotopic (exact) mass is 336 g/mol. The van der Waals surface area contributed by atoms with E-state index in [4.69, 9.17) is 0 Å². The Bertz CT molecular complexity index is 709. The van der Waals surface area contributed by atoms with Crippen molar-refractivity contribution >= 4 is 21.6 Å². The van der Waals surface area contributed by atoms with Gasteiger partial charge in [0, 0.05) is 24.7 Å². The van der Waals surface area contributed by atoms with Crippen molar-refractivity contribution in [1.29, 1.82) is 0 Å². The molecule has 1 fully saturated rings. The van der Waals surface area contributed by atoms with Crippen molar-refractivity contribution in [1.82, 2.24) is 4.72 Å². The molecule has 2 aliphatic rings. The number of rotatable bonds is 3. The summed E-state index contributed by atoms with van der Waals surface area (Å²) in [5.74, 6) is -0.00723. The highest BCUT2D eigenvalue weighted by Gasteiger charge is 2.30. The molecular formula is C17H24N2O3S. The zero-order chi connectivity index (χ0) is 16.6. The van der Waals surface area contributed by atoms with Crippen LogP contribution < -0.4 is 9.62 Å². The number of hydrogen-bond acceptors (Lipinski definition) is 3. The van der Waals surface area contributed by atoms with E-state index in [-0.39, 0.29) is 18.0 Å². The number of nitrogens with zero attached hydrogens (tertiary/aromatic N) is 1. The lowest BCUT2D eigenvalue weighted by Gasteiger charge is -2.23. The van der Waals surface area contributed by atoms with E-state index < -0.39 is 10.0 Å². The van der Waals surface area contributed by atoms with Crippen LogP contribution in [0.15, 0.2) is 23.1 Å². The molecular weight excluding hydrogens is 312 g/mol. The van der Waals surface area contributed by atoms with Gasteiger partial charge in [0.05, 0.1) is 4.90 Å². The van der Waals surface area contributed by atoms with Crippen molar-refractivity contribution in [2.75, 3.05) is 4.90 Å². The molecule has 0 saturated heterocycles. The lowest BCUT2D eigenvalue weighted by atomic mass is 9.96. The molecule has 5 nitrogen and oxygen atoms in total. The van der Waals surface area contributed by atoms with Crippen LogP contribution in [0.2, 0.25) is 0 Å². The zero-order valence-electron chi connectivity index (χ0n) is 13.7. The summed E-state index contributed by atoms with van der Waals surface area (Å²) in [7, 11) is -3.49. The summed E-state index contributed by atoms with van der Waals surface area (Å²) in [5.41, 5.74) is 1.76. The van der Waals surface area contributed by atoms with Crippen LogP contribution in [0.5, 0.6) is 0 Å². The number of anilines is 1. The number of nitrogens with one attached hydrogen (secondary N) is 1. The minimum absolute atomic E-state index is 0.00723. The van der Waals surface area contributed by atoms with Crippen LogP contribution in [-0.2, 0) is 21.2 Å². The van der Waals surface area contributed by atoms with Crippen LogP contribution in [0.25, 0.3) is 0 Å². The summed E-state index contributed by atoms with van der Waals surface area (Å²) in [6.45, 7) is 3.52. The lowest BCUT2D eigenvalue weighted by molar-refractivity contribution is -0.116. The van der Waals surface area contributed by atoms with Gasteiger partial charge >= 0.3 is 0 Å². The number of sulfonamides is 1. The summed E-state index contributed by atoms with van der Waals surface area (Å²) in [5, 5.41) is 0. The van der Waals surface area contributed by atoms with Crippen molar-refractivity contribution in [3.05, 3.63) is 23.8 Å². The van der Waals surface area contributed by atoms with Crippen LogP contribution in [0.1, 0.15) is 51.5 Å². The maximum atomic E-state index is 12.6. The van der Waals surface area contributed by atoms with Crippen LogP contribution in [-0.4, -0.2) is 26.4 Å². The summed E-state index contributed by atoms with van der Waals surface area (Å²) in [6.07, 6.45) is 5.89. The minimum atomic E-state index is -3.49. The van der Waals surface area contributed by atoms with Crippen molar-refractivity contribution < 1.29 is 13.2 Å². The van der Waals surface area contributed by atoms with Crippen molar-refractivity contribution in [2.24, 2.45) is 0 Å². The number of carbonyl (C=O) groups excluding carboxylic acids is 1. The molecule has 1 amide bonds. The van der Waals surface area contributed by atoms with Gasteiger partial charge < -0.3 is 4.90 Å². The highest BCUT2D eigenvalue weighted by atomic mass is 32.2. The lowest BCUT2D eigenvalue weighted by Crippen LogP contribution is -2.36. The summed E-state index contributed by atoms with van der Waals surface area (Å²) >= 11 is 0. The predicted octanol–water partition coefficient (Wildman–Crippen LogP) is 2.60. The van der Waals surface area contributed by atoms with Crippen molar-refractivity contribution in [3.8, 4) is 0 Å². The van der Waals surface area contributed by atoms with E-state index in [0.29, 0.717) is 11.3 Å². The molecule has 23 heavy (non-hydrogen) atoms. The highest BCUT2D eigenvalue weighted by Crippen LogP contribution is 2.34. The Labute approximate surface area is 138 Å². The molecule has 1 aliphatic heterocycles. The zero-order valence-corrected chi connectivity index (χ0v) is 14.5. The largest absolute Gasteiger partial charge is 0.309 e. The van der Waals surface area contributed by atoms with Gasteiger partial charge in [-0.15, -0.1) is 0 Å². The Morgan fingerprint density at radius 3 is 2.57 bits per heavy atom. The van der Waals surface area contributed by atoms with E-state index in [1.165, 1.54) is 6.42 Å². The first kappa shape index (κ1) is 16.5. The molecule has 1 aromatic rings. The van der Waals surface area contributed by atoms with Gasteiger partial charge in [0.1, 0.15) is 0 Å². The summed E-state index contributed by atoms with van der Waals surface area (Å²) < 4.78 is 28.1. The van der Waals surface area contributed by atoms with Gasteiger partial charge in [-0.2, -0.15) is 0 Å². The molecule has 0 spiro atoms. The first-order valence-electron chi connectivity index (χ1n) is 8.33. The molecule has 126 valence electrons. The summed E-state index contributed by atoms with van der Waals surface area (Å²) in [6, 6.07) is 5.22. The molecule has 1 aromatic carbocycles. The molecule has 0 bridgehead atoms. The molecule has 1 N–H and O–H groups in total.